The van der Waals surface area contributed by atoms with Crippen molar-refractivity contribution in [2.75, 3.05) is 23.3 Å². The Kier molecular flexibility index (Phi) is 5.16. The Morgan fingerprint density at radius 1 is 1.17 bits per heavy atom. The number of aromatic nitrogens is 2. The molecule has 1 aliphatic heterocycles. The van der Waals surface area contributed by atoms with Crippen LogP contribution in [-0.2, 0) is 6.42 Å². The molecule has 1 N–H and O–H groups in total. The molecule has 5 heteroatoms. The third kappa shape index (κ3) is 4.03. The minimum absolute atomic E-state index is 0.00828. The Morgan fingerprint density at radius 2 is 1.91 bits per heavy atom. The molecule has 0 saturated carbocycles. The van der Waals surface area contributed by atoms with Crippen LogP contribution >= 0.6 is 0 Å². The van der Waals surface area contributed by atoms with Gasteiger partial charge in [0.25, 0.3) is 0 Å². The second kappa shape index (κ2) is 7.49. The normalized spacial score (nSPS) is 16.3. The summed E-state index contributed by atoms with van der Waals surface area (Å²) in [5.41, 5.74) is 2.39. The van der Waals surface area contributed by atoms with Gasteiger partial charge in [0, 0.05) is 30.9 Å². The van der Waals surface area contributed by atoms with Gasteiger partial charge >= 0.3 is 0 Å². The van der Waals surface area contributed by atoms with E-state index in [2.05, 4.69) is 51.5 Å². The monoisotopic (exact) mass is 314 g/mol. The van der Waals surface area contributed by atoms with Crippen molar-refractivity contribution in [3.05, 3.63) is 36.0 Å². The van der Waals surface area contributed by atoms with E-state index in [-0.39, 0.29) is 6.04 Å². The van der Waals surface area contributed by atoms with Gasteiger partial charge in [-0.1, -0.05) is 12.1 Å². The molecule has 1 fully saturated rings. The van der Waals surface area contributed by atoms with E-state index in [1.54, 1.807) is 0 Å². The van der Waals surface area contributed by atoms with Crippen LogP contribution in [0.5, 0.6) is 0 Å². The van der Waals surface area contributed by atoms with E-state index < -0.39 is 0 Å². The topological polar surface area (TPSA) is 54.2 Å². The van der Waals surface area contributed by atoms with Crippen LogP contribution in [0.25, 0.3) is 0 Å². The Morgan fingerprint density at radius 3 is 2.61 bits per heavy atom. The fraction of sp³-hybridized carbons (Fsp3) is 0.556. The Bertz CT molecular complexity index is 602. The maximum Gasteiger partial charge on any atom is 0.248 e. The summed E-state index contributed by atoms with van der Waals surface area (Å²) in [4.78, 5) is 6.90. The number of aryl methyl sites for hydroxylation is 1. The quantitative estimate of drug-likeness (QED) is 0.866. The number of hydrogen-bond acceptors (Lipinski definition) is 5. The predicted octanol–water partition coefficient (Wildman–Crippen LogP) is 4.19. The fourth-order valence-electron chi connectivity index (χ4n) is 3.00. The van der Waals surface area contributed by atoms with Crippen LogP contribution in [0, 0.1) is 0 Å². The highest BCUT2D eigenvalue weighted by atomic mass is 16.5. The molecule has 0 spiro atoms. The van der Waals surface area contributed by atoms with E-state index >= 15 is 0 Å². The van der Waals surface area contributed by atoms with E-state index in [0.717, 1.165) is 24.4 Å². The zero-order valence-electron chi connectivity index (χ0n) is 14.1. The van der Waals surface area contributed by atoms with E-state index in [1.165, 1.54) is 38.0 Å². The molecular weight excluding hydrogens is 288 g/mol. The Labute approximate surface area is 138 Å². The van der Waals surface area contributed by atoms with Gasteiger partial charge in [-0.2, -0.15) is 4.98 Å². The molecule has 2 heterocycles. The van der Waals surface area contributed by atoms with Crippen molar-refractivity contribution in [3.8, 4) is 0 Å². The first kappa shape index (κ1) is 15.8. The van der Waals surface area contributed by atoms with E-state index in [4.69, 9.17) is 4.52 Å². The zero-order valence-corrected chi connectivity index (χ0v) is 14.1. The van der Waals surface area contributed by atoms with Gasteiger partial charge < -0.3 is 14.7 Å². The average Bonchev–Trinajstić information content (AvgIpc) is 3.06. The van der Waals surface area contributed by atoms with Gasteiger partial charge in [-0.05, 0) is 56.9 Å². The molecule has 3 rings (SSSR count). The van der Waals surface area contributed by atoms with Crippen molar-refractivity contribution in [3.63, 3.8) is 0 Å². The summed E-state index contributed by atoms with van der Waals surface area (Å²) in [6.07, 6.45) is 5.85. The minimum Gasteiger partial charge on any atom is -0.374 e. The van der Waals surface area contributed by atoms with Crippen LogP contribution in [0.2, 0.25) is 0 Å². The molecule has 0 unspecified atom stereocenters. The van der Waals surface area contributed by atoms with Gasteiger partial charge in [-0.3, -0.25) is 0 Å². The first-order valence-corrected chi connectivity index (χ1v) is 8.70. The predicted molar refractivity (Wildman–Crippen MR) is 92.8 cm³/mol. The molecule has 0 bridgehead atoms. The third-order valence-electron chi connectivity index (χ3n) is 4.30. The first-order chi connectivity index (χ1) is 11.3. The number of nitrogens with one attached hydrogen (secondary N) is 1. The highest BCUT2D eigenvalue weighted by molar-refractivity contribution is 5.55. The number of anilines is 2. The van der Waals surface area contributed by atoms with Crippen molar-refractivity contribution in [1.82, 2.24) is 10.1 Å². The van der Waals surface area contributed by atoms with Crippen LogP contribution in [0.15, 0.2) is 28.8 Å². The molecule has 1 aliphatic rings. The average molecular weight is 314 g/mol. The van der Waals surface area contributed by atoms with Crippen LogP contribution < -0.4 is 10.2 Å². The van der Waals surface area contributed by atoms with Crippen LogP contribution in [0.1, 0.15) is 57.3 Å². The summed E-state index contributed by atoms with van der Waals surface area (Å²) < 4.78 is 5.34. The molecule has 2 aromatic rings. The van der Waals surface area contributed by atoms with E-state index in [0.29, 0.717) is 5.89 Å². The summed E-state index contributed by atoms with van der Waals surface area (Å²) in [5.74, 6) is 1.44. The molecule has 1 aromatic carbocycles. The van der Waals surface area contributed by atoms with Crippen molar-refractivity contribution in [2.24, 2.45) is 0 Å². The number of hydrogen-bond donors (Lipinski definition) is 1. The van der Waals surface area contributed by atoms with Gasteiger partial charge in [-0.15, -0.1) is 0 Å². The van der Waals surface area contributed by atoms with Crippen LogP contribution in [0.4, 0.5) is 11.4 Å². The zero-order chi connectivity index (χ0) is 16.1. The molecule has 0 radical (unpaired) electrons. The summed E-state index contributed by atoms with van der Waals surface area (Å²) in [6, 6.07) is 8.65. The molecule has 124 valence electrons. The SMILES string of the molecule is CCCc1noc([C@H](C)Nc2ccc(N3CCCCC3)cc2)n1. The fourth-order valence-corrected chi connectivity index (χ4v) is 3.00. The van der Waals surface area contributed by atoms with Crippen molar-refractivity contribution in [1.29, 1.82) is 0 Å². The lowest BCUT2D eigenvalue weighted by Crippen LogP contribution is -2.29. The Hall–Kier alpha value is -2.04. The van der Waals surface area contributed by atoms with E-state index in [9.17, 15) is 0 Å². The molecule has 1 saturated heterocycles. The second-order valence-corrected chi connectivity index (χ2v) is 6.26. The van der Waals surface area contributed by atoms with Gasteiger partial charge in [0.15, 0.2) is 5.82 Å². The van der Waals surface area contributed by atoms with Gasteiger partial charge in [-0.25, -0.2) is 0 Å². The minimum atomic E-state index is 0.00828. The van der Waals surface area contributed by atoms with Crippen molar-refractivity contribution >= 4 is 11.4 Å². The number of piperidine rings is 1. The number of benzene rings is 1. The maximum absolute atomic E-state index is 5.34. The molecular formula is C18H26N4O. The lowest BCUT2D eigenvalue weighted by molar-refractivity contribution is 0.362. The Balaban J connectivity index is 1.60. The molecule has 23 heavy (non-hydrogen) atoms. The highest BCUT2D eigenvalue weighted by Crippen LogP contribution is 2.24. The number of rotatable bonds is 6. The molecule has 0 amide bonds. The molecule has 1 aromatic heterocycles. The third-order valence-corrected chi connectivity index (χ3v) is 4.30. The van der Waals surface area contributed by atoms with E-state index in [1.807, 2.05) is 6.92 Å². The lowest BCUT2D eigenvalue weighted by atomic mass is 10.1. The smallest absolute Gasteiger partial charge is 0.248 e. The summed E-state index contributed by atoms with van der Waals surface area (Å²) in [7, 11) is 0. The first-order valence-electron chi connectivity index (χ1n) is 8.70. The van der Waals surface area contributed by atoms with Crippen molar-refractivity contribution < 1.29 is 4.52 Å². The van der Waals surface area contributed by atoms with Crippen LogP contribution in [-0.4, -0.2) is 23.2 Å². The lowest BCUT2D eigenvalue weighted by Gasteiger charge is -2.29. The van der Waals surface area contributed by atoms with Gasteiger partial charge in [0.2, 0.25) is 5.89 Å². The summed E-state index contributed by atoms with van der Waals surface area (Å²) in [5, 5.41) is 7.44. The second-order valence-electron chi connectivity index (χ2n) is 6.26. The summed E-state index contributed by atoms with van der Waals surface area (Å²) in [6.45, 7) is 6.50. The molecule has 1 atom stereocenters. The van der Waals surface area contributed by atoms with Crippen molar-refractivity contribution in [2.45, 2.75) is 52.0 Å². The van der Waals surface area contributed by atoms with Gasteiger partial charge in [0.05, 0.1) is 0 Å². The van der Waals surface area contributed by atoms with Crippen LogP contribution in [0.3, 0.4) is 0 Å². The molecule has 5 nitrogen and oxygen atoms in total. The van der Waals surface area contributed by atoms with Gasteiger partial charge in [0.1, 0.15) is 6.04 Å². The molecule has 0 aliphatic carbocycles. The maximum atomic E-state index is 5.34. The number of nitrogens with zero attached hydrogens (tertiary/aromatic N) is 3. The highest BCUT2D eigenvalue weighted by Gasteiger charge is 2.14. The largest absolute Gasteiger partial charge is 0.374 e. The standard InChI is InChI=1S/C18H26N4O/c1-3-7-17-20-18(23-21-17)14(2)19-15-8-10-16(11-9-15)22-12-5-4-6-13-22/h8-11,14,19H,3-7,12-13H2,1-2H3/t14-/m0/s1. The summed E-state index contributed by atoms with van der Waals surface area (Å²) >= 11 is 0.